The molecule has 0 bridgehead atoms. The number of piperazine rings is 1. The molecule has 4 nitrogen and oxygen atoms in total. The Balaban J connectivity index is 2.16. The molecule has 0 atom stereocenters. The fourth-order valence-corrected chi connectivity index (χ4v) is 1.91. The second-order valence-corrected chi connectivity index (χ2v) is 4.17. The fraction of sp³-hybridized carbons (Fsp3) is 0.833. The summed E-state index contributed by atoms with van der Waals surface area (Å²) in [6.45, 7) is 13.4. The van der Waals surface area contributed by atoms with Crippen molar-refractivity contribution in [3.63, 3.8) is 0 Å². The lowest BCUT2D eigenvalue weighted by Gasteiger charge is -2.30. The van der Waals surface area contributed by atoms with Gasteiger partial charge in [-0.25, -0.2) is 0 Å². The van der Waals surface area contributed by atoms with E-state index in [4.69, 9.17) is 4.74 Å². The van der Waals surface area contributed by atoms with Gasteiger partial charge in [0.05, 0.1) is 6.61 Å². The van der Waals surface area contributed by atoms with E-state index < -0.39 is 0 Å². The smallest absolute Gasteiger partial charge is 0.0589 e. The van der Waals surface area contributed by atoms with Gasteiger partial charge in [-0.15, -0.1) is 6.58 Å². The lowest BCUT2D eigenvalue weighted by Crippen LogP contribution is -2.46. The zero-order valence-corrected chi connectivity index (χ0v) is 10.5. The van der Waals surface area contributed by atoms with Gasteiger partial charge in [-0.1, -0.05) is 6.08 Å². The van der Waals surface area contributed by atoms with Crippen LogP contribution in [0.1, 0.15) is 0 Å². The summed E-state index contributed by atoms with van der Waals surface area (Å²) in [4.78, 5) is 4.90. The van der Waals surface area contributed by atoms with E-state index in [1.165, 1.54) is 13.1 Å². The third-order valence-corrected chi connectivity index (χ3v) is 2.94. The van der Waals surface area contributed by atoms with Gasteiger partial charge in [-0.2, -0.15) is 0 Å². The molecule has 0 aromatic carbocycles. The summed E-state index contributed by atoms with van der Waals surface area (Å²) in [5.74, 6) is 0. The molecule has 0 aromatic heterocycles. The van der Waals surface area contributed by atoms with E-state index in [2.05, 4.69) is 21.7 Å². The van der Waals surface area contributed by atoms with Crippen molar-refractivity contribution >= 4 is 0 Å². The highest BCUT2D eigenvalue weighted by Crippen LogP contribution is 1.95. The van der Waals surface area contributed by atoms with Gasteiger partial charge in [0.1, 0.15) is 0 Å². The second kappa shape index (κ2) is 8.70. The number of hydrogen-bond donors (Lipinski definition) is 1. The van der Waals surface area contributed by atoms with Crippen molar-refractivity contribution in [3.8, 4) is 0 Å². The molecule has 0 saturated carbocycles. The van der Waals surface area contributed by atoms with Crippen LogP contribution in [-0.4, -0.2) is 75.9 Å². The zero-order valence-electron chi connectivity index (χ0n) is 10.5. The Bertz CT molecular complexity index is 181. The van der Waals surface area contributed by atoms with Crippen LogP contribution in [0.2, 0.25) is 0 Å². The molecule has 1 saturated heterocycles. The normalized spacial score (nSPS) is 17.9. The van der Waals surface area contributed by atoms with Crippen molar-refractivity contribution in [2.45, 2.75) is 0 Å². The van der Waals surface area contributed by atoms with Gasteiger partial charge in [0.2, 0.25) is 0 Å². The second-order valence-electron chi connectivity index (χ2n) is 4.17. The monoisotopic (exact) mass is 227 g/mol. The van der Waals surface area contributed by atoms with Crippen LogP contribution in [0.5, 0.6) is 0 Å². The zero-order chi connectivity index (χ0) is 11.6. The number of rotatable bonds is 8. The number of nitrogens with one attached hydrogen (secondary N) is 1. The molecule has 0 amide bonds. The van der Waals surface area contributed by atoms with E-state index in [1.807, 2.05) is 6.08 Å². The molecule has 1 aliphatic heterocycles. The van der Waals surface area contributed by atoms with Crippen molar-refractivity contribution in [2.24, 2.45) is 0 Å². The van der Waals surface area contributed by atoms with E-state index in [0.29, 0.717) is 0 Å². The predicted molar refractivity (Wildman–Crippen MR) is 67.8 cm³/mol. The molecule has 0 spiro atoms. The van der Waals surface area contributed by atoms with Crippen LogP contribution in [0.4, 0.5) is 0 Å². The minimum absolute atomic E-state index is 0.801. The summed E-state index contributed by atoms with van der Waals surface area (Å²) in [5.41, 5.74) is 0. The average Bonchev–Trinajstić information content (AvgIpc) is 2.34. The van der Waals surface area contributed by atoms with Crippen molar-refractivity contribution in [3.05, 3.63) is 12.7 Å². The number of methoxy groups -OCH3 is 1. The largest absolute Gasteiger partial charge is 0.383 e. The maximum absolute atomic E-state index is 5.11. The molecule has 4 heteroatoms. The molecule has 1 fully saturated rings. The molecule has 1 aliphatic rings. The minimum atomic E-state index is 0.801. The molecule has 16 heavy (non-hydrogen) atoms. The Hall–Kier alpha value is -0.420. The Kier molecular flexibility index (Phi) is 7.42. The number of ether oxygens (including phenoxy) is 1. The SMILES string of the molecule is C=CCN(CCOC)CCN1CCNCC1. The minimum Gasteiger partial charge on any atom is -0.383 e. The van der Waals surface area contributed by atoms with Gasteiger partial charge < -0.3 is 10.1 Å². The molecule has 1 N–H and O–H groups in total. The van der Waals surface area contributed by atoms with Crippen LogP contribution in [0.3, 0.4) is 0 Å². The summed E-state index contributed by atoms with van der Waals surface area (Å²) in [6.07, 6.45) is 1.97. The van der Waals surface area contributed by atoms with Gasteiger partial charge in [0.15, 0.2) is 0 Å². The standard InChI is InChI=1S/C12H25N3O/c1-3-6-14(11-12-16-2)9-10-15-7-4-13-5-8-15/h3,13H,1,4-12H2,2H3. The topological polar surface area (TPSA) is 27.7 Å². The van der Waals surface area contributed by atoms with Crippen molar-refractivity contribution < 1.29 is 4.74 Å². The van der Waals surface area contributed by atoms with E-state index in [-0.39, 0.29) is 0 Å². The number of nitrogens with zero attached hydrogens (tertiary/aromatic N) is 2. The van der Waals surface area contributed by atoms with Gasteiger partial charge in [-0.05, 0) is 0 Å². The van der Waals surface area contributed by atoms with Crippen LogP contribution >= 0.6 is 0 Å². The highest BCUT2D eigenvalue weighted by atomic mass is 16.5. The molecule has 1 rings (SSSR count). The van der Waals surface area contributed by atoms with E-state index in [9.17, 15) is 0 Å². The molecule has 0 aromatic rings. The van der Waals surface area contributed by atoms with Crippen LogP contribution in [-0.2, 0) is 4.74 Å². The van der Waals surface area contributed by atoms with Gasteiger partial charge in [0, 0.05) is 59.5 Å². The first-order valence-electron chi connectivity index (χ1n) is 6.12. The van der Waals surface area contributed by atoms with Crippen LogP contribution in [0.15, 0.2) is 12.7 Å². The van der Waals surface area contributed by atoms with Crippen molar-refractivity contribution in [1.82, 2.24) is 15.1 Å². The first-order chi connectivity index (χ1) is 7.86. The van der Waals surface area contributed by atoms with Crippen molar-refractivity contribution in [2.75, 3.05) is 66.1 Å². The van der Waals surface area contributed by atoms with Crippen LogP contribution < -0.4 is 5.32 Å². The third-order valence-electron chi connectivity index (χ3n) is 2.94. The van der Waals surface area contributed by atoms with Crippen LogP contribution in [0.25, 0.3) is 0 Å². The van der Waals surface area contributed by atoms with Gasteiger partial charge in [-0.3, -0.25) is 9.80 Å². The van der Waals surface area contributed by atoms with Crippen LogP contribution in [0, 0.1) is 0 Å². The Labute approximate surface area is 99.2 Å². The van der Waals surface area contributed by atoms with Gasteiger partial charge >= 0.3 is 0 Å². The molecule has 0 radical (unpaired) electrons. The predicted octanol–water partition coefficient (Wildman–Crippen LogP) is 0.0260. The molecule has 0 unspecified atom stereocenters. The Morgan fingerprint density at radius 1 is 1.38 bits per heavy atom. The van der Waals surface area contributed by atoms with Gasteiger partial charge in [0.25, 0.3) is 0 Å². The lowest BCUT2D eigenvalue weighted by molar-refractivity contribution is 0.140. The van der Waals surface area contributed by atoms with E-state index in [0.717, 1.165) is 45.9 Å². The average molecular weight is 227 g/mol. The maximum Gasteiger partial charge on any atom is 0.0589 e. The summed E-state index contributed by atoms with van der Waals surface area (Å²) < 4.78 is 5.11. The van der Waals surface area contributed by atoms with E-state index in [1.54, 1.807) is 7.11 Å². The van der Waals surface area contributed by atoms with E-state index >= 15 is 0 Å². The first-order valence-corrected chi connectivity index (χ1v) is 6.12. The fourth-order valence-electron chi connectivity index (χ4n) is 1.91. The lowest BCUT2D eigenvalue weighted by atomic mass is 10.3. The molecule has 94 valence electrons. The quantitative estimate of drug-likeness (QED) is 0.592. The highest BCUT2D eigenvalue weighted by molar-refractivity contribution is 4.75. The summed E-state index contributed by atoms with van der Waals surface area (Å²) in [7, 11) is 1.75. The Morgan fingerprint density at radius 2 is 2.12 bits per heavy atom. The van der Waals surface area contributed by atoms with Crippen molar-refractivity contribution in [1.29, 1.82) is 0 Å². The first kappa shape index (κ1) is 13.6. The summed E-state index contributed by atoms with van der Waals surface area (Å²) >= 11 is 0. The molecule has 0 aliphatic carbocycles. The molecular formula is C12H25N3O. The maximum atomic E-state index is 5.11. The molecule has 1 heterocycles. The summed E-state index contributed by atoms with van der Waals surface area (Å²) in [5, 5.41) is 3.37. The highest BCUT2D eigenvalue weighted by Gasteiger charge is 2.10. The molecular weight excluding hydrogens is 202 g/mol. The third kappa shape index (κ3) is 5.61. The number of hydrogen-bond acceptors (Lipinski definition) is 4. The summed E-state index contributed by atoms with van der Waals surface area (Å²) in [6, 6.07) is 0. The Morgan fingerprint density at radius 3 is 2.75 bits per heavy atom.